The number of rotatable bonds is 7. The van der Waals surface area contributed by atoms with E-state index in [1.54, 1.807) is 0 Å². The molecule has 0 aliphatic heterocycles. The van der Waals surface area contributed by atoms with Crippen LogP contribution < -0.4 is 0 Å². The number of carbonyl (C=O) groups is 1. The maximum Gasteiger partial charge on any atom is 0.132 e. The van der Waals surface area contributed by atoms with Gasteiger partial charge in [0.2, 0.25) is 0 Å². The van der Waals surface area contributed by atoms with Crippen LogP contribution in [0.3, 0.4) is 0 Å². The van der Waals surface area contributed by atoms with Crippen LogP contribution in [0, 0.1) is 0 Å². The molecule has 0 aliphatic rings. The molecule has 0 fully saturated rings. The highest BCUT2D eigenvalue weighted by Gasteiger charge is 1.94. The fourth-order valence-electron chi connectivity index (χ4n) is 0.983. The number of carbonyl (C=O) groups excluding carboxylic acids is 1. The summed E-state index contributed by atoms with van der Waals surface area (Å²) >= 11 is 0. The molecule has 0 rings (SSSR count). The number of ketones is 1. The molecule has 13 heavy (non-hydrogen) atoms. The number of hydrogen-bond donors (Lipinski definition) is 0. The Bertz CT molecular complexity index is 178. The number of unbranched alkanes of at least 4 members (excludes halogenated alkanes) is 1. The third kappa shape index (κ3) is 9.06. The number of allylic oxidation sites excluding steroid dienone is 4. The molecule has 1 nitrogen and oxygen atoms in total. The van der Waals surface area contributed by atoms with Crippen LogP contribution in [0.15, 0.2) is 24.3 Å². The van der Waals surface area contributed by atoms with Crippen molar-refractivity contribution in [2.75, 3.05) is 0 Å². The maximum absolute atomic E-state index is 10.9. The fourth-order valence-corrected chi connectivity index (χ4v) is 0.983. The van der Waals surface area contributed by atoms with Crippen LogP contribution in [0.4, 0.5) is 0 Å². The lowest BCUT2D eigenvalue weighted by Gasteiger charge is -1.93. The molecule has 0 N–H and O–H groups in total. The first-order valence-electron chi connectivity index (χ1n) is 5.14. The van der Waals surface area contributed by atoms with Crippen LogP contribution >= 0.6 is 0 Å². The molecule has 0 saturated carbocycles. The van der Waals surface area contributed by atoms with Crippen molar-refractivity contribution in [3.63, 3.8) is 0 Å². The summed E-state index contributed by atoms with van der Waals surface area (Å²) in [5.74, 6) is 0.373. The summed E-state index contributed by atoms with van der Waals surface area (Å²) in [7, 11) is 0. The summed E-state index contributed by atoms with van der Waals surface area (Å²) in [6, 6.07) is 0. The highest BCUT2D eigenvalue weighted by molar-refractivity contribution is 5.77. The van der Waals surface area contributed by atoms with Crippen molar-refractivity contribution in [2.45, 2.75) is 46.0 Å². The summed E-state index contributed by atoms with van der Waals surface area (Å²) < 4.78 is 0. The predicted molar refractivity (Wildman–Crippen MR) is 57.7 cm³/mol. The van der Waals surface area contributed by atoms with Gasteiger partial charge in [-0.05, 0) is 19.3 Å². The Morgan fingerprint density at radius 2 is 1.85 bits per heavy atom. The molecule has 0 unspecified atom stereocenters. The smallest absolute Gasteiger partial charge is 0.132 e. The molecule has 0 aliphatic carbocycles. The van der Waals surface area contributed by atoms with Crippen LogP contribution in [0.25, 0.3) is 0 Å². The van der Waals surface area contributed by atoms with E-state index < -0.39 is 0 Å². The Morgan fingerprint density at radius 3 is 2.46 bits per heavy atom. The second-order valence-electron chi connectivity index (χ2n) is 3.05. The zero-order chi connectivity index (χ0) is 9.94. The molecule has 0 saturated heterocycles. The monoisotopic (exact) mass is 180 g/mol. The molecule has 0 radical (unpaired) electrons. The van der Waals surface area contributed by atoms with E-state index in [0.717, 1.165) is 25.7 Å². The lowest BCUT2D eigenvalue weighted by Crippen LogP contribution is -1.93. The van der Waals surface area contributed by atoms with E-state index in [-0.39, 0.29) is 0 Å². The fraction of sp³-hybridized carbons (Fsp3) is 0.583. The largest absolute Gasteiger partial charge is 0.300 e. The Kier molecular flexibility index (Phi) is 8.64. The van der Waals surface area contributed by atoms with Crippen LogP contribution in [0.1, 0.15) is 46.0 Å². The van der Waals surface area contributed by atoms with Crippen molar-refractivity contribution in [1.82, 2.24) is 0 Å². The van der Waals surface area contributed by atoms with Gasteiger partial charge in [-0.25, -0.2) is 0 Å². The molecule has 0 aromatic rings. The molecule has 1 heteroatoms. The first-order valence-corrected chi connectivity index (χ1v) is 5.14. The SMILES string of the molecule is CC/C=C/C=C/CCCC(=O)CC. The van der Waals surface area contributed by atoms with Crippen LogP contribution in [-0.4, -0.2) is 5.78 Å². The molecular formula is C12H20O. The zero-order valence-corrected chi connectivity index (χ0v) is 8.75. The number of hydrogen-bond acceptors (Lipinski definition) is 1. The van der Waals surface area contributed by atoms with Crippen LogP contribution in [0.5, 0.6) is 0 Å². The summed E-state index contributed by atoms with van der Waals surface area (Å²) in [5.41, 5.74) is 0. The lowest BCUT2D eigenvalue weighted by atomic mass is 10.1. The van der Waals surface area contributed by atoms with Crippen LogP contribution in [-0.2, 0) is 4.79 Å². The minimum Gasteiger partial charge on any atom is -0.300 e. The van der Waals surface area contributed by atoms with Crippen molar-refractivity contribution in [3.05, 3.63) is 24.3 Å². The van der Waals surface area contributed by atoms with Gasteiger partial charge in [0, 0.05) is 12.8 Å². The average molecular weight is 180 g/mol. The molecule has 0 aromatic carbocycles. The van der Waals surface area contributed by atoms with Gasteiger partial charge in [0.1, 0.15) is 5.78 Å². The van der Waals surface area contributed by atoms with E-state index in [1.807, 2.05) is 6.92 Å². The van der Waals surface area contributed by atoms with Crippen molar-refractivity contribution < 1.29 is 4.79 Å². The van der Waals surface area contributed by atoms with E-state index in [9.17, 15) is 4.79 Å². The summed E-state index contributed by atoms with van der Waals surface area (Å²) in [4.78, 5) is 10.9. The van der Waals surface area contributed by atoms with Gasteiger partial charge in [-0.2, -0.15) is 0 Å². The van der Waals surface area contributed by atoms with E-state index >= 15 is 0 Å². The summed E-state index contributed by atoms with van der Waals surface area (Å²) in [6.07, 6.45) is 12.9. The van der Waals surface area contributed by atoms with Gasteiger partial charge < -0.3 is 0 Å². The first kappa shape index (κ1) is 12.2. The molecule has 0 spiro atoms. The maximum atomic E-state index is 10.9. The highest BCUT2D eigenvalue weighted by atomic mass is 16.1. The Morgan fingerprint density at radius 1 is 1.15 bits per heavy atom. The van der Waals surface area contributed by atoms with E-state index in [0.29, 0.717) is 12.2 Å². The average Bonchev–Trinajstić information content (AvgIpc) is 2.16. The van der Waals surface area contributed by atoms with Gasteiger partial charge in [0.25, 0.3) is 0 Å². The summed E-state index contributed by atoms with van der Waals surface area (Å²) in [6.45, 7) is 4.03. The first-order chi connectivity index (χ1) is 6.31. The van der Waals surface area contributed by atoms with Crippen molar-refractivity contribution in [2.24, 2.45) is 0 Å². The Hall–Kier alpha value is -0.850. The minimum absolute atomic E-state index is 0.373. The predicted octanol–water partition coefficient (Wildman–Crippen LogP) is 3.66. The number of Topliss-reactive ketones (excluding diaryl/α,β-unsaturated/α-hetero) is 1. The van der Waals surface area contributed by atoms with Crippen molar-refractivity contribution >= 4 is 5.78 Å². The van der Waals surface area contributed by atoms with E-state index in [2.05, 4.69) is 31.2 Å². The Labute approximate surface area is 81.5 Å². The second-order valence-corrected chi connectivity index (χ2v) is 3.05. The molecule has 0 atom stereocenters. The lowest BCUT2D eigenvalue weighted by molar-refractivity contribution is -0.118. The third-order valence-corrected chi connectivity index (χ3v) is 1.84. The molecule has 0 aromatic heterocycles. The van der Waals surface area contributed by atoms with Gasteiger partial charge >= 0.3 is 0 Å². The van der Waals surface area contributed by atoms with Gasteiger partial charge in [0.05, 0.1) is 0 Å². The van der Waals surface area contributed by atoms with E-state index in [4.69, 9.17) is 0 Å². The Balaban J connectivity index is 3.29. The highest BCUT2D eigenvalue weighted by Crippen LogP contribution is 1.99. The molecule has 0 heterocycles. The van der Waals surface area contributed by atoms with Gasteiger partial charge in [-0.1, -0.05) is 38.2 Å². The quantitative estimate of drug-likeness (QED) is 0.431. The van der Waals surface area contributed by atoms with Crippen molar-refractivity contribution in [3.8, 4) is 0 Å². The van der Waals surface area contributed by atoms with Gasteiger partial charge in [-0.3, -0.25) is 4.79 Å². The van der Waals surface area contributed by atoms with Crippen molar-refractivity contribution in [1.29, 1.82) is 0 Å². The summed E-state index contributed by atoms with van der Waals surface area (Å²) in [5, 5.41) is 0. The molecule has 74 valence electrons. The normalized spacial score (nSPS) is 11.5. The third-order valence-electron chi connectivity index (χ3n) is 1.84. The van der Waals surface area contributed by atoms with Crippen LogP contribution in [0.2, 0.25) is 0 Å². The minimum atomic E-state index is 0.373. The molecule has 0 amide bonds. The van der Waals surface area contributed by atoms with Gasteiger partial charge in [0.15, 0.2) is 0 Å². The second kappa shape index (κ2) is 9.24. The molecular weight excluding hydrogens is 160 g/mol. The zero-order valence-electron chi connectivity index (χ0n) is 8.75. The molecule has 0 bridgehead atoms. The standard InChI is InChI=1S/C12H20O/c1-3-5-6-7-8-9-10-11-12(13)4-2/h5-8H,3-4,9-11H2,1-2H3/b6-5+,8-7+. The topological polar surface area (TPSA) is 17.1 Å². The van der Waals surface area contributed by atoms with E-state index in [1.165, 1.54) is 0 Å². The van der Waals surface area contributed by atoms with Gasteiger partial charge in [-0.15, -0.1) is 0 Å².